The van der Waals surface area contributed by atoms with Crippen LogP contribution in [0.4, 0.5) is 5.82 Å². The molecule has 1 aromatic rings. The maximum absolute atomic E-state index is 5.82. The first-order valence-electron chi connectivity index (χ1n) is 5.76. The van der Waals surface area contributed by atoms with Gasteiger partial charge in [0.1, 0.15) is 11.6 Å². The van der Waals surface area contributed by atoms with Crippen molar-refractivity contribution in [3.63, 3.8) is 0 Å². The molecule has 0 saturated heterocycles. The number of nitrogen functional groups attached to an aromatic ring is 1. The zero-order valence-electron chi connectivity index (χ0n) is 9.83. The molecule has 2 N–H and O–H groups in total. The minimum absolute atomic E-state index is 0.491. The summed E-state index contributed by atoms with van der Waals surface area (Å²) in [6, 6.07) is 0. The Bertz CT molecular complexity index is 380. The lowest BCUT2D eigenvalue weighted by Gasteiger charge is -2.33. The molecule has 1 aliphatic rings. The van der Waals surface area contributed by atoms with E-state index in [4.69, 9.17) is 5.73 Å². The second kappa shape index (κ2) is 4.47. The summed E-state index contributed by atoms with van der Waals surface area (Å²) < 4.78 is 0.942. The molecule has 0 unspecified atom stereocenters. The van der Waals surface area contributed by atoms with Crippen LogP contribution in [-0.4, -0.2) is 9.97 Å². The van der Waals surface area contributed by atoms with Gasteiger partial charge in [-0.1, -0.05) is 13.8 Å². The van der Waals surface area contributed by atoms with E-state index in [-0.39, 0.29) is 0 Å². The van der Waals surface area contributed by atoms with Gasteiger partial charge in [0.25, 0.3) is 0 Å². The van der Waals surface area contributed by atoms with Crippen molar-refractivity contribution in [3.8, 4) is 0 Å². The molecule has 1 saturated carbocycles. The minimum Gasteiger partial charge on any atom is -0.383 e. The van der Waals surface area contributed by atoms with Crippen LogP contribution in [0.5, 0.6) is 0 Å². The summed E-state index contributed by atoms with van der Waals surface area (Å²) in [7, 11) is 0. The predicted octanol–water partition coefficient (Wildman–Crippen LogP) is 3.35. The van der Waals surface area contributed by atoms with Crippen LogP contribution in [0, 0.1) is 8.99 Å². The third kappa shape index (κ3) is 2.64. The lowest BCUT2D eigenvalue weighted by atomic mass is 9.73. The number of hydrogen-bond acceptors (Lipinski definition) is 3. The predicted molar refractivity (Wildman–Crippen MR) is 74.2 cm³/mol. The van der Waals surface area contributed by atoms with E-state index in [0.717, 1.165) is 9.39 Å². The van der Waals surface area contributed by atoms with Crippen molar-refractivity contribution in [2.45, 2.75) is 45.4 Å². The normalized spacial score (nSPS) is 20.9. The van der Waals surface area contributed by atoms with Gasteiger partial charge in [0.2, 0.25) is 0 Å². The van der Waals surface area contributed by atoms with Gasteiger partial charge in [-0.15, -0.1) is 0 Å². The van der Waals surface area contributed by atoms with Gasteiger partial charge in [-0.05, 0) is 53.7 Å². The van der Waals surface area contributed by atoms with Crippen molar-refractivity contribution in [1.82, 2.24) is 9.97 Å². The molecule has 1 aliphatic carbocycles. The fourth-order valence-corrected chi connectivity index (χ4v) is 2.51. The number of anilines is 1. The first-order chi connectivity index (χ1) is 7.48. The van der Waals surface area contributed by atoms with E-state index in [2.05, 4.69) is 46.4 Å². The molecule has 0 aliphatic heterocycles. The smallest absolute Gasteiger partial charge is 0.140 e. The number of nitrogens with zero attached hydrogens (tertiary/aromatic N) is 2. The van der Waals surface area contributed by atoms with Gasteiger partial charge in [-0.3, -0.25) is 0 Å². The average molecular weight is 331 g/mol. The average Bonchev–Trinajstić information content (AvgIpc) is 2.22. The van der Waals surface area contributed by atoms with E-state index in [1.54, 1.807) is 0 Å². The molecular formula is C12H18IN3. The fraction of sp³-hybridized carbons (Fsp3) is 0.667. The summed E-state index contributed by atoms with van der Waals surface area (Å²) in [5.41, 5.74) is 6.31. The molecule has 0 atom stereocenters. The standard InChI is InChI=1S/C12H18IN3/c1-12(2)5-3-8(4-6-12)11-15-7-9(13)10(14)16-11/h7-8H,3-6H2,1-2H3,(H2,14,15,16). The van der Waals surface area contributed by atoms with Crippen molar-refractivity contribution in [2.75, 3.05) is 5.73 Å². The van der Waals surface area contributed by atoms with Crippen LogP contribution in [0.2, 0.25) is 0 Å². The molecule has 16 heavy (non-hydrogen) atoms. The molecule has 1 heterocycles. The Morgan fingerprint density at radius 2 is 2.00 bits per heavy atom. The lowest BCUT2D eigenvalue weighted by Crippen LogP contribution is -2.21. The number of nitrogens with two attached hydrogens (primary N) is 1. The highest BCUT2D eigenvalue weighted by atomic mass is 127. The molecule has 0 bridgehead atoms. The molecule has 2 rings (SSSR count). The topological polar surface area (TPSA) is 51.8 Å². The lowest BCUT2D eigenvalue weighted by molar-refractivity contribution is 0.221. The fourth-order valence-electron chi connectivity index (χ4n) is 2.25. The molecule has 1 fully saturated rings. The molecule has 0 aromatic carbocycles. The van der Waals surface area contributed by atoms with Crippen LogP contribution in [0.15, 0.2) is 6.20 Å². The summed E-state index contributed by atoms with van der Waals surface area (Å²) in [6.45, 7) is 4.68. The molecule has 1 aromatic heterocycles. The van der Waals surface area contributed by atoms with E-state index < -0.39 is 0 Å². The summed E-state index contributed by atoms with van der Waals surface area (Å²) in [4.78, 5) is 8.82. The third-order valence-corrected chi connectivity index (χ3v) is 4.33. The summed E-state index contributed by atoms with van der Waals surface area (Å²) in [5, 5.41) is 0. The van der Waals surface area contributed by atoms with E-state index in [1.165, 1.54) is 25.7 Å². The maximum Gasteiger partial charge on any atom is 0.140 e. The van der Waals surface area contributed by atoms with Crippen LogP contribution in [0.3, 0.4) is 0 Å². The monoisotopic (exact) mass is 331 g/mol. The van der Waals surface area contributed by atoms with Gasteiger partial charge in [0, 0.05) is 12.1 Å². The highest BCUT2D eigenvalue weighted by Gasteiger charge is 2.29. The van der Waals surface area contributed by atoms with Crippen LogP contribution in [0.25, 0.3) is 0 Å². The molecule has 0 spiro atoms. The van der Waals surface area contributed by atoms with E-state index in [9.17, 15) is 0 Å². The first kappa shape index (κ1) is 12.1. The largest absolute Gasteiger partial charge is 0.383 e. The zero-order chi connectivity index (χ0) is 11.8. The Labute approximate surface area is 110 Å². The molecule has 0 amide bonds. The SMILES string of the molecule is CC1(C)CCC(c2ncc(I)c(N)n2)CC1. The van der Waals surface area contributed by atoms with Crippen molar-refractivity contribution in [2.24, 2.45) is 5.41 Å². The van der Waals surface area contributed by atoms with Crippen molar-refractivity contribution < 1.29 is 0 Å². The maximum atomic E-state index is 5.82. The van der Waals surface area contributed by atoms with E-state index in [1.807, 2.05) is 6.20 Å². The molecule has 3 nitrogen and oxygen atoms in total. The van der Waals surface area contributed by atoms with Crippen molar-refractivity contribution >= 4 is 28.4 Å². The Balaban J connectivity index is 2.11. The van der Waals surface area contributed by atoms with Crippen LogP contribution in [-0.2, 0) is 0 Å². The van der Waals surface area contributed by atoms with Gasteiger partial charge in [0.05, 0.1) is 3.57 Å². The van der Waals surface area contributed by atoms with Crippen molar-refractivity contribution in [1.29, 1.82) is 0 Å². The summed E-state index contributed by atoms with van der Waals surface area (Å²) >= 11 is 2.17. The van der Waals surface area contributed by atoms with E-state index >= 15 is 0 Å². The van der Waals surface area contributed by atoms with Gasteiger partial charge in [-0.2, -0.15) is 0 Å². The van der Waals surface area contributed by atoms with Gasteiger partial charge in [-0.25, -0.2) is 9.97 Å². The minimum atomic E-state index is 0.491. The van der Waals surface area contributed by atoms with Gasteiger partial charge in [0.15, 0.2) is 0 Å². The highest BCUT2D eigenvalue weighted by molar-refractivity contribution is 14.1. The quantitative estimate of drug-likeness (QED) is 0.803. The van der Waals surface area contributed by atoms with Gasteiger partial charge >= 0.3 is 0 Å². The Hall–Kier alpha value is -0.390. The molecular weight excluding hydrogens is 313 g/mol. The third-order valence-electron chi connectivity index (χ3n) is 3.49. The van der Waals surface area contributed by atoms with Crippen LogP contribution in [0.1, 0.15) is 51.3 Å². The Morgan fingerprint density at radius 1 is 1.38 bits per heavy atom. The summed E-state index contributed by atoms with van der Waals surface area (Å²) in [5.74, 6) is 2.07. The molecule has 0 radical (unpaired) electrons. The van der Waals surface area contributed by atoms with E-state index in [0.29, 0.717) is 17.2 Å². The number of aromatic nitrogens is 2. The second-order valence-electron chi connectivity index (χ2n) is 5.40. The Kier molecular flexibility index (Phi) is 3.37. The van der Waals surface area contributed by atoms with Crippen LogP contribution < -0.4 is 5.73 Å². The molecule has 4 heteroatoms. The molecule has 88 valence electrons. The Morgan fingerprint density at radius 3 is 2.56 bits per heavy atom. The van der Waals surface area contributed by atoms with Crippen molar-refractivity contribution in [3.05, 3.63) is 15.6 Å². The second-order valence-corrected chi connectivity index (χ2v) is 6.56. The number of hydrogen-bond donors (Lipinski definition) is 1. The number of rotatable bonds is 1. The van der Waals surface area contributed by atoms with Gasteiger partial charge < -0.3 is 5.73 Å². The zero-order valence-corrected chi connectivity index (χ0v) is 12.0. The summed E-state index contributed by atoms with van der Waals surface area (Å²) in [6.07, 6.45) is 6.72. The first-order valence-corrected chi connectivity index (χ1v) is 6.84. The van der Waals surface area contributed by atoms with Crippen LogP contribution >= 0.6 is 22.6 Å². The highest BCUT2D eigenvalue weighted by Crippen LogP contribution is 2.41. The number of halogens is 1.